The van der Waals surface area contributed by atoms with Crippen LogP contribution in [0.3, 0.4) is 0 Å². The molecule has 3 rings (SSSR count). The maximum Gasteiger partial charge on any atom is 0.280 e. The normalized spacial score (nSPS) is 14.8. The van der Waals surface area contributed by atoms with Crippen LogP contribution in [0.25, 0.3) is 5.69 Å². The number of nitrogen functional groups attached to an aromatic ring is 1. The highest BCUT2D eigenvalue weighted by Crippen LogP contribution is 2.24. The van der Waals surface area contributed by atoms with E-state index in [1.165, 1.54) is 0 Å². The third-order valence-corrected chi connectivity index (χ3v) is 4.19. The fourth-order valence-corrected chi connectivity index (χ4v) is 2.85. The maximum atomic E-state index is 12.4. The number of anilines is 2. The lowest BCUT2D eigenvalue weighted by atomic mass is 10.2. The minimum absolute atomic E-state index is 0.156. The van der Waals surface area contributed by atoms with Gasteiger partial charge in [0.1, 0.15) is 5.69 Å². The van der Waals surface area contributed by atoms with Crippen molar-refractivity contribution in [3.63, 3.8) is 0 Å². The smallest absolute Gasteiger partial charge is 0.280 e. The highest BCUT2D eigenvalue weighted by Gasteiger charge is 2.17. The van der Waals surface area contributed by atoms with Gasteiger partial charge in [-0.25, -0.2) is 0 Å². The summed E-state index contributed by atoms with van der Waals surface area (Å²) in [7, 11) is 0. The van der Waals surface area contributed by atoms with Crippen LogP contribution in [-0.4, -0.2) is 17.7 Å². The molecule has 104 valence electrons. The minimum Gasteiger partial charge on any atom is -0.393 e. The van der Waals surface area contributed by atoms with Crippen LogP contribution in [0.15, 0.2) is 45.8 Å². The van der Waals surface area contributed by atoms with Crippen LogP contribution in [-0.2, 0) is 0 Å². The van der Waals surface area contributed by atoms with Gasteiger partial charge in [-0.2, -0.15) is 0 Å². The second-order valence-electron chi connectivity index (χ2n) is 4.96. The molecule has 1 aromatic carbocycles. The number of halogens is 1. The lowest BCUT2D eigenvalue weighted by Crippen LogP contribution is -2.27. The van der Waals surface area contributed by atoms with E-state index in [1.807, 2.05) is 30.3 Å². The zero-order valence-corrected chi connectivity index (χ0v) is 12.6. The molecule has 0 unspecified atom stereocenters. The van der Waals surface area contributed by atoms with E-state index in [0.29, 0.717) is 5.69 Å². The molecular formula is C15H16BrN3O. The third kappa shape index (κ3) is 2.33. The average Bonchev–Trinajstić information content (AvgIpc) is 2.97. The lowest BCUT2D eigenvalue weighted by molar-refractivity contribution is 0.941. The Morgan fingerprint density at radius 1 is 1.05 bits per heavy atom. The summed E-state index contributed by atoms with van der Waals surface area (Å²) in [5, 5.41) is 0. The van der Waals surface area contributed by atoms with Gasteiger partial charge in [-0.1, -0.05) is 15.9 Å². The largest absolute Gasteiger partial charge is 0.393 e. The minimum atomic E-state index is -0.156. The van der Waals surface area contributed by atoms with Crippen LogP contribution >= 0.6 is 15.9 Å². The Bertz CT molecular complexity index is 673. The first kappa shape index (κ1) is 13.2. The van der Waals surface area contributed by atoms with Crippen LogP contribution in [0.4, 0.5) is 11.4 Å². The molecule has 1 aliphatic heterocycles. The zero-order valence-electron chi connectivity index (χ0n) is 11.1. The number of nitrogens with two attached hydrogens (primary N) is 1. The zero-order chi connectivity index (χ0) is 14.1. The van der Waals surface area contributed by atoms with Gasteiger partial charge in [0.15, 0.2) is 0 Å². The molecule has 0 saturated carbocycles. The second-order valence-corrected chi connectivity index (χ2v) is 5.88. The molecule has 4 nitrogen and oxygen atoms in total. The highest BCUT2D eigenvalue weighted by molar-refractivity contribution is 9.10. The fourth-order valence-electron chi connectivity index (χ4n) is 2.58. The lowest BCUT2D eigenvalue weighted by Gasteiger charge is -2.20. The van der Waals surface area contributed by atoms with Gasteiger partial charge in [0, 0.05) is 29.4 Å². The van der Waals surface area contributed by atoms with E-state index in [-0.39, 0.29) is 5.56 Å². The predicted octanol–water partition coefficient (Wildman–Crippen LogP) is 2.78. The Labute approximate surface area is 126 Å². The Kier molecular flexibility index (Phi) is 3.53. The summed E-state index contributed by atoms with van der Waals surface area (Å²) in [6.45, 7) is 1.96. The maximum absolute atomic E-state index is 12.4. The van der Waals surface area contributed by atoms with Crippen molar-refractivity contribution < 1.29 is 0 Å². The monoisotopic (exact) mass is 333 g/mol. The molecular weight excluding hydrogens is 318 g/mol. The molecule has 1 fully saturated rings. The van der Waals surface area contributed by atoms with Crippen LogP contribution in [0.2, 0.25) is 0 Å². The average molecular weight is 334 g/mol. The number of pyridine rings is 1. The Morgan fingerprint density at radius 3 is 2.35 bits per heavy atom. The molecule has 0 bridgehead atoms. The van der Waals surface area contributed by atoms with Gasteiger partial charge in [-0.05, 0) is 43.2 Å². The standard InChI is InChI=1S/C15H16BrN3O/c16-11-3-5-12(6-4-11)19-10-7-13(14(17)15(19)20)18-8-1-2-9-18/h3-7,10H,1-2,8-9,17H2. The first-order valence-corrected chi connectivity index (χ1v) is 7.48. The second kappa shape index (κ2) is 5.32. The van der Waals surface area contributed by atoms with E-state index in [0.717, 1.165) is 41.8 Å². The summed E-state index contributed by atoms with van der Waals surface area (Å²) in [5.41, 5.74) is 7.90. The van der Waals surface area contributed by atoms with Gasteiger partial charge in [0.2, 0.25) is 0 Å². The van der Waals surface area contributed by atoms with Gasteiger partial charge in [-0.3, -0.25) is 9.36 Å². The van der Waals surface area contributed by atoms with Crippen molar-refractivity contribution in [3.05, 3.63) is 51.4 Å². The van der Waals surface area contributed by atoms with E-state index in [9.17, 15) is 4.79 Å². The van der Waals surface area contributed by atoms with Gasteiger partial charge >= 0.3 is 0 Å². The Morgan fingerprint density at radius 2 is 1.70 bits per heavy atom. The van der Waals surface area contributed by atoms with Crippen molar-refractivity contribution in [1.82, 2.24) is 4.57 Å². The summed E-state index contributed by atoms with van der Waals surface area (Å²) >= 11 is 3.39. The SMILES string of the molecule is Nc1c(N2CCCC2)ccn(-c2ccc(Br)cc2)c1=O. The van der Waals surface area contributed by atoms with Crippen molar-refractivity contribution in [2.24, 2.45) is 0 Å². The number of hydrogen-bond donors (Lipinski definition) is 1. The first-order chi connectivity index (χ1) is 9.66. The topological polar surface area (TPSA) is 51.3 Å². The van der Waals surface area contributed by atoms with Crippen LogP contribution in [0.1, 0.15) is 12.8 Å². The highest BCUT2D eigenvalue weighted by atomic mass is 79.9. The molecule has 0 spiro atoms. The van der Waals surface area contributed by atoms with E-state index in [2.05, 4.69) is 20.8 Å². The molecule has 2 aromatic rings. The van der Waals surface area contributed by atoms with Crippen LogP contribution in [0, 0.1) is 0 Å². The summed E-state index contributed by atoms with van der Waals surface area (Å²) in [4.78, 5) is 14.6. The van der Waals surface area contributed by atoms with E-state index < -0.39 is 0 Å². The molecule has 0 amide bonds. The predicted molar refractivity (Wildman–Crippen MR) is 85.6 cm³/mol. The van der Waals surface area contributed by atoms with Crippen molar-refractivity contribution in [1.29, 1.82) is 0 Å². The fraction of sp³-hybridized carbons (Fsp3) is 0.267. The van der Waals surface area contributed by atoms with Crippen LogP contribution in [0.5, 0.6) is 0 Å². The molecule has 0 aliphatic carbocycles. The quantitative estimate of drug-likeness (QED) is 0.919. The molecule has 5 heteroatoms. The molecule has 0 atom stereocenters. The Hall–Kier alpha value is -1.75. The van der Waals surface area contributed by atoms with E-state index >= 15 is 0 Å². The van der Waals surface area contributed by atoms with Gasteiger partial charge in [0.25, 0.3) is 5.56 Å². The molecule has 1 aliphatic rings. The Balaban J connectivity index is 2.04. The van der Waals surface area contributed by atoms with E-state index in [1.54, 1.807) is 10.8 Å². The summed E-state index contributed by atoms with van der Waals surface area (Å²) in [6.07, 6.45) is 4.13. The molecule has 0 radical (unpaired) electrons. The van der Waals surface area contributed by atoms with E-state index in [4.69, 9.17) is 5.73 Å². The van der Waals surface area contributed by atoms with Crippen LogP contribution < -0.4 is 16.2 Å². The first-order valence-electron chi connectivity index (χ1n) is 6.69. The molecule has 1 saturated heterocycles. The van der Waals surface area contributed by atoms with Crippen molar-refractivity contribution >= 4 is 27.3 Å². The van der Waals surface area contributed by atoms with Gasteiger partial charge in [-0.15, -0.1) is 0 Å². The summed E-state index contributed by atoms with van der Waals surface area (Å²) < 4.78 is 2.57. The van der Waals surface area contributed by atoms with Crippen molar-refractivity contribution in [3.8, 4) is 5.69 Å². The molecule has 2 heterocycles. The van der Waals surface area contributed by atoms with Crippen molar-refractivity contribution in [2.75, 3.05) is 23.7 Å². The summed E-state index contributed by atoms with van der Waals surface area (Å²) in [6, 6.07) is 9.53. The van der Waals surface area contributed by atoms with Crippen molar-refractivity contribution in [2.45, 2.75) is 12.8 Å². The number of benzene rings is 1. The van der Waals surface area contributed by atoms with Gasteiger partial charge < -0.3 is 10.6 Å². The number of aromatic nitrogens is 1. The molecule has 2 N–H and O–H groups in total. The third-order valence-electron chi connectivity index (χ3n) is 3.66. The number of rotatable bonds is 2. The summed E-state index contributed by atoms with van der Waals surface area (Å²) in [5.74, 6) is 0. The molecule has 20 heavy (non-hydrogen) atoms. The molecule has 1 aromatic heterocycles. The number of nitrogens with zero attached hydrogens (tertiary/aromatic N) is 2. The van der Waals surface area contributed by atoms with Gasteiger partial charge in [0.05, 0.1) is 5.69 Å². The number of hydrogen-bond acceptors (Lipinski definition) is 3.